The number of hydrogen-bond donors (Lipinski definition) is 2. The first-order valence-corrected chi connectivity index (χ1v) is 7.20. The Morgan fingerprint density at radius 3 is 2.65 bits per heavy atom. The highest BCUT2D eigenvalue weighted by Crippen LogP contribution is 2.15. The van der Waals surface area contributed by atoms with Crippen molar-refractivity contribution in [2.24, 2.45) is 0 Å². The Morgan fingerprint density at radius 2 is 2.00 bits per heavy atom. The van der Waals surface area contributed by atoms with E-state index < -0.39 is 6.17 Å². The van der Waals surface area contributed by atoms with Gasteiger partial charge < -0.3 is 10.6 Å². The van der Waals surface area contributed by atoms with Gasteiger partial charge in [-0.15, -0.1) is 0 Å². The zero-order valence-electron chi connectivity index (χ0n) is 10.5. The first-order chi connectivity index (χ1) is 9.65. The minimum atomic E-state index is -1.10. The van der Waals surface area contributed by atoms with Gasteiger partial charge in [-0.1, -0.05) is 30.3 Å². The Morgan fingerprint density at radius 1 is 1.25 bits per heavy atom. The van der Waals surface area contributed by atoms with Crippen LogP contribution in [0, 0.1) is 0 Å². The molecule has 0 aliphatic carbocycles. The Kier molecular flexibility index (Phi) is 5.43. The molecule has 0 aliphatic rings. The van der Waals surface area contributed by atoms with Crippen molar-refractivity contribution in [1.29, 1.82) is 0 Å². The van der Waals surface area contributed by atoms with Gasteiger partial charge >= 0.3 is 0 Å². The fourth-order valence-corrected chi connectivity index (χ4v) is 1.99. The van der Waals surface area contributed by atoms with Crippen LogP contribution in [0.15, 0.2) is 53.1 Å². The number of anilines is 1. The standard InChI is InChI=1S/C14H13BrFN3S/c15-11-6-7-13(17-8-11)19-14(20)18-9-12(16)10-4-2-1-3-5-10/h1-8,12H,9H2,(H2,17,18,19,20)/t12-/m1/s1. The Hall–Kier alpha value is -1.53. The van der Waals surface area contributed by atoms with E-state index in [2.05, 4.69) is 31.5 Å². The van der Waals surface area contributed by atoms with Crippen LogP contribution in [0.25, 0.3) is 0 Å². The minimum absolute atomic E-state index is 0.117. The lowest BCUT2D eigenvalue weighted by molar-refractivity contribution is 0.343. The van der Waals surface area contributed by atoms with Crippen LogP contribution in [0.2, 0.25) is 0 Å². The Labute approximate surface area is 130 Å². The van der Waals surface area contributed by atoms with E-state index in [9.17, 15) is 4.39 Å². The number of pyridine rings is 1. The summed E-state index contributed by atoms with van der Waals surface area (Å²) in [5, 5.41) is 6.08. The van der Waals surface area contributed by atoms with E-state index in [4.69, 9.17) is 12.2 Å². The second kappa shape index (κ2) is 7.31. The largest absolute Gasteiger partial charge is 0.359 e. The topological polar surface area (TPSA) is 37.0 Å². The lowest BCUT2D eigenvalue weighted by Gasteiger charge is -2.13. The molecule has 0 aliphatic heterocycles. The summed E-state index contributed by atoms with van der Waals surface area (Å²) in [5.74, 6) is 0.612. The molecule has 20 heavy (non-hydrogen) atoms. The summed E-state index contributed by atoms with van der Waals surface area (Å²) in [5.41, 5.74) is 0.629. The molecule has 0 saturated heterocycles. The van der Waals surface area contributed by atoms with Crippen LogP contribution in [0.1, 0.15) is 11.7 Å². The van der Waals surface area contributed by atoms with Crippen LogP contribution in [0.3, 0.4) is 0 Å². The van der Waals surface area contributed by atoms with Gasteiger partial charge in [0.15, 0.2) is 5.11 Å². The van der Waals surface area contributed by atoms with Gasteiger partial charge in [0, 0.05) is 10.7 Å². The number of halogens is 2. The zero-order chi connectivity index (χ0) is 14.4. The molecule has 0 amide bonds. The normalized spacial score (nSPS) is 11.7. The summed E-state index contributed by atoms with van der Waals surface area (Å²) in [7, 11) is 0. The molecular formula is C14H13BrFN3S. The summed E-state index contributed by atoms with van der Waals surface area (Å²) in [6, 6.07) is 12.6. The average Bonchev–Trinajstić information content (AvgIpc) is 2.48. The van der Waals surface area contributed by atoms with Gasteiger partial charge in [0.05, 0.1) is 6.54 Å². The molecular weight excluding hydrogens is 341 g/mol. The third kappa shape index (κ3) is 4.54. The number of aromatic nitrogens is 1. The summed E-state index contributed by atoms with van der Waals surface area (Å²) in [4.78, 5) is 4.12. The molecule has 0 fully saturated rings. The first kappa shape index (κ1) is 14.9. The molecule has 2 aromatic rings. The van der Waals surface area contributed by atoms with E-state index in [0.717, 1.165) is 4.47 Å². The average molecular weight is 354 g/mol. The fourth-order valence-electron chi connectivity index (χ4n) is 1.57. The molecule has 0 bridgehead atoms. The van der Waals surface area contributed by atoms with E-state index in [1.165, 1.54) is 0 Å². The van der Waals surface area contributed by atoms with Gasteiger partial charge in [-0.25, -0.2) is 9.37 Å². The van der Waals surface area contributed by atoms with Crippen LogP contribution in [0.4, 0.5) is 10.2 Å². The van der Waals surface area contributed by atoms with Crippen molar-refractivity contribution in [3.8, 4) is 0 Å². The molecule has 104 valence electrons. The van der Waals surface area contributed by atoms with Crippen molar-refractivity contribution in [2.45, 2.75) is 6.17 Å². The van der Waals surface area contributed by atoms with Gasteiger partial charge in [0.2, 0.25) is 0 Å². The molecule has 0 unspecified atom stereocenters. The smallest absolute Gasteiger partial charge is 0.172 e. The number of benzene rings is 1. The highest BCUT2D eigenvalue weighted by Gasteiger charge is 2.09. The molecule has 0 spiro atoms. The summed E-state index contributed by atoms with van der Waals surface area (Å²) >= 11 is 8.40. The van der Waals surface area contributed by atoms with Gasteiger partial charge in [0.25, 0.3) is 0 Å². The predicted octanol–water partition coefficient (Wildman–Crippen LogP) is 3.84. The summed E-state index contributed by atoms with van der Waals surface area (Å²) in [6.45, 7) is 0.117. The molecule has 1 heterocycles. The van der Waals surface area contributed by atoms with Crippen molar-refractivity contribution in [3.05, 3.63) is 58.7 Å². The molecule has 0 saturated carbocycles. The van der Waals surface area contributed by atoms with Gasteiger partial charge in [0.1, 0.15) is 12.0 Å². The SMILES string of the molecule is F[C@H](CNC(=S)Nc1ccc(Br)cn1)c1ccccc1. The first-order valence-electron chi connectivity index (χ1n) is 6.00. The van der Waals surface area contributed by atoms with E-state index in [1.807, 2.05) is 24.3 Å². The summed E-state index contributed by atoms with van der Waals surface area (Å²) in [6.07, 6.45) is 0.557. The third-order valence-corrected chi connectivity index (χ3v) is 3.29. The highest BCUT2D eigenvalue weighted by atomic mass is 79.9. The number of rotatable bonds is 4. The molecule has 0 radical (unpaired) electrons. The lowest BCUT2D eigenvalue weighted by atomic mass is 10.1. The molecule has 1 aromatic heterocycles. The number of alkyl halides is 1. The number of nitrogens with one attached hydrogen (secondary N) is 2. The minimum Gasteiger partial charge on any atom is -0.359 e. The molecule has 3 nitrogen and oxygen atoms in total. The predicted molar refractivity (Wildman–Crippen MR) is 86.5 cm³/mol. The van der Waals surface area contributed by atoms with E-state index in [0.29, 0.717) is 16.5 Å². The number of thiocarbonyl (C=S) groups is 1. The third-order valence-electron chi connectivity index (χ3n) is 2.57. The zero-order valence-corrected chi connectivity index (χ0v) is 12.9. The van der Waals surface area contributed by atoms with Gasteiger partial charge in [-0.2, -0.15) is 0 Å². The Bertz CT molecular complexity index is 562. The molecule has 1 aromatic carbocycles. The van der Waals surface area contributed by atoms with E-state index >= 15 is 0 Å². The maximum absolute atomic E-state index is 13.9. The van der Waals surface area contributed by atoms with Crippen molar-refractivity contribution in [3.63, 3.8) is 0 Å². The lowest BCUT2D eigenvalue weighted by Crippen LogP contribution is -2.31. The van der Waals surface area contributed by atoms with Crippen LogP contribution in [0.5, 0.6) is 0 Å². The maximum atomic E-state index is 13.9. The monoisotopic (exact) mass is 353 g/mol. The van der Waals surface area contributed by atoms with Crippen molar-refractivity contribution in [1.82, 2.24) is 10.3 Å². The fraction of sp³-hybridized carbons (Fsp3) is 0.143. The van der Waals surface area contributed by atoms with Gasteiger partial charge in [-0.05, 0) is 45.8 Å². The van der Waals surface area contributed by atoms with Crippen molar-refractivity contribution in [2.75, 3.05) is 11.9 Å². The molecule has 6 heteroatoms. The number of hydrogen-bond acceptors (Lipinski definition) is 2. The Balaban J connectivity index is 1.82. The molecule has 2 N–H and O–H groups in total. The van der Waals surface area contributed by atoms with Crippen molar-refractivity contribution >= 4 is 39.1 Å². The summed E-state index contributed by atoms with van der Waals surface area (Å²) < 4.78 is 14.8. The maximum Gasteiger partial charge on any atom is 0.172 e. The van der Waals surface area contributed by atoms with Crippen LogP contribution in [-0.4, -0.2) is 16.6 Å². The van der Waals surface area contributed by atoms with E-state index in [1.54, 1.807) is 24.4 Å². The van der Waals surface area contributed by atoms with Crippen molar-refractivity contribution < 1.29 is 4.39 Å². The second-order valence-corrected chi connectivity index (χ2v) is 5.40. The number of nitrogens with zero attached hydrogens (tertiary/aromatic N) is 1. The molecule has 1 atom stereocenters. The highest BCUT2D eigenvalue weighted by molar-refractivity contribution is 9.10. The van der Waals surface area contributed by atoms with Crippen LogP contribution in [-0.2, 0) is 0 Å². The van der Waals surface area contributed by atoms with Crippen LogP contribution >= 0.6 is 28.1 Å². The quantitative estimate of drug-likeness (QED) is 0.818. The second-order valence-electron chi connectivity index (χ2n) is 4.07. The van der Waals surface area contributed by atoms with Crippen LogP contribution < -0.4 is 10.6 Å². The van der Waals surface area contributed by atoms with E-state index in [-0.39, 0.29) is 6.54 Å². The van der Waals surface area contributed by atoms with Gasteiger partial charge in [-0.3, -0.25) is 0 Å². The molecule has 2 rings (SSSR count).